The van der Waals surface area contributed by atoms with Gasteiger partial charge in [0, 0.05) is 6.42 Å². The first-order chi connectivity index (χ1) is 7.57. The van der Waals surface area contributed by atoms with Crippen LogP contribution in [-0.4, -0.2) is 0 Å². The second kappa shape index (κ2) is 3.38. The second-order valence-corrected chi connectivity index (χ2v) is 6.67. The number of hydrogen-bond donors (Lipinski definition) is 0. The molecular weight excluding hydrogens is 196 g/mol. The quantitative estimate of drug-likeness (QED) is 0.629. The predicted molar refractivity (Wildman–Crippen MR) is 65.4 cm³/mol. The Labute approximate surface area is 98.2 Å². The van der Waals surface area contributed by atoms with Crippen LogP contribution < -0.4 is 0 Å². The minimum Gasteiger partial charge on any atom is -0.469 e. The molecule has 0 bridgehead atoms. The fraction of sp³-hybridized carbons (Fsp3) is 0.733. The van der Waals surface area contributed by atoms with Crippen LogP contribution in [0.25, 0.3) is 0 Å². The molecule has 0 radical (unpaired) electrons. The summed E-state index contributed by atoms with van der Waals surface area (Å²) in [6.45, 7) is 7.19. The van der Waals surface area contributed by atoms with Crippen molar-refractivity contribution in [2.45, 2.75) is 52.4 Å². The molecule has 0 aliphatic heterocycles. The molecule has 2 aliphatic carbocycles. The molecule has 2 aliphatic rings. The highest BCUT2D eigenvalue weighted by molar-refractivity contribution is 5.29. The lowest BCUT2D eigenvalue weighted by Gasteiger charge is -2.36. The molecule has 1 heteroatoms. The Morgan fingerprint density at radius 2 is 2.00 bits per heavy atom. The first-order valence-corrected chi connectivity index (χ1v) is 6.63. The molecular formula is C15H22O. The standard InChI is InChI=1S/C15H22O/c1-15(2,3)12-6-4-10-5-7-13-11(14(10)12)8-9-16-13/h8-10,12,14H,4-7H2,1-3H3. The molecule has 1 saturated carbocycles. The van der Waals surface area contributed by atoms with Crippen molar-refractivity contribution < 1.29 is 4.42 Å². The van der Waals surface area contributed by atoms with Crippen LogP contribution in [-0.2, 0) is 6.42 Å². The van der Waals surface area contributed by atoms with E-state index in [0.717, 1.165) is 17.8 Å². The third-order valence-corrected chi connectivity index (χ3v) is 4.78. The average molecular weight is 218 g/mol. The van der Waals surface area contributed by atoms with Crippen molar-refractivity contribution in [1.29, 1.82) is 0 Å². The molecule has 0 N–H and O–H groups in total. The molecule has 1 nitrogen and oxygen atoms in total. The van der Waals surface area contributed by atoms with Crippen LogP contribution in [0.2, 0.25) is 0 Å². The highest BCUT2D eigenvalue weighted by Gasteiger charge is 2.45. The summed E-state index contributed by atoms with van der Waals surface area (Å²) in [7, 11) is 0. The minimum atomic E-state index is 0.436. The Morgan fingerprint density at radius 1 is 1.19 bits per heavy atom. The van der Waals surface area contributed by atoms with Gasteiger partial charge in [-0.15, -0.1) is 0 Å². The average Bonchev–Trinajstić information content (AvgIpc) is 2.81. The number of aryl methyl sites for hydroxylation is 1. The maximum atomic E-state index is 5.63. The van der Waals surface area contributed by atoms with E-state index < -0.39 is 0 Å². The van der Waals surface area contributed by atoms with Crippen molar-refractivity contribution in [1.82, 2.24) is 0 Å². The fourth-order valence-electron chi connectivity index (χ4n) is 4.01. The largest absolute Gasteiger partial charge is 0.469 e. The van der Waals surface area contributed by atoms with Crippen LogP contribution in [0.15, 0.2) is 16.7 Å². The highest BCUT2D eigenvalue weighted by Crippen LogP contribution is 2.55. The van der Waals surface area contributed by atoms with E-state index in [-0.39, 0.29) is 0 Å². The third-order valence-electron chi connectivity index (χ3n) is 4.78. The van der Waals surface area contributed by atoms with Gasteiger partial charge in [0.25, 0.3) is 0 Å². The summed E-state index contributed by atoms with van der Waals surface area (Å²) >= 11 is 0. The molecule has 0 amide bonds. The van der Waals surface area contributed by atoms with Crippen molar-refractivity contribution in [2.75, 3.05) is 0 Å². The Morgan fingerprint density at radius 3 is 2.75 bits per heavy atom. The van der Waals surface area contributed by atoms with Crippen LogP contribution in [0.1, 0.15) is 57.3 Å². The normalized spacial score (nSPS) is 33.6. The van der Waals surface area contributed by atoms with Gasteiger partial charge < -0.3 is 4.42 Å². The zero-order chi connectivity index (χ0) is 11.3. The van der Waals surface area contributed by atoms with E-state index in [2.05, 4.69) is 26.8 Å². The summed E-state index contributed by atoms with van der Waals surface area (Å²) in [5.41, 5.74) is 1.97. The predicted octanol–water partition coefficient (Wildman–Crippen LogP) is 4.38. The van der Waals surface area contributed by atoms with Crippen molar-refractivity contribution in [3.05, 3.63) is 23.7 Å². The SMILES string of the molecule is CC(C)(C)C1CCC2CCc3occc3C21. The Hall–Kier alpha value is -0.720. The van der Waals surface area contributed by atoms with Gasteiger partial charge in [-0.2, -0.15) is 0 Å². The topological polar surface area (TPSA) is 13.1 Å². The molecule has 1 fully saturated rings. The zero-order valence-electron chi connectivity index (χ0n) is 10.6. The summed E-state index contributed by atoms with van der Waals surface area (Å²) in [6, 6.07) is 2.23. The third kappa shape index (κ3) is 1.44. The van der Waals surface area contributed by atoms with Gasteiger partial charge in [-0.1, -0.05) is 20.8 Å². The number of rotatable bonds is 0. The summed E-state index contributed by atoms with van der Waals surface area (Å²) in [6.07, 6.45) is 7.24. The molecule has 0 spiro atoms. The lowest BCUT2D eigenvalue weighted by atomic mass is 9.68. The number of furan rings is 1. The van der Waals surface area contributed by atoms with Crippen molar-refractivity contribution in [3.8, 4) is 0 Å². The van der Waals surface area contributed by atoms with Gasteiger partial charge in [-0.05, 0) is 54.1 Å². The molecule has 0 aromatic carbocycles. The van der Waals surface area contributed by atoms with E-state index in [4.69, 9.17) is 4.42 Å². The first-order valence-electron chi connectivity index (χ1n) is 6.63. The van der Waals surface area contributed by atoms with Gasteiger partial charge in [0.15, 0.2) is 0 Å². The minimum absolute atomic E-state index is 0.436. The van der Waals surface area contributed by atoms with Crippen LogP contribution in [0, 0.1) is 17.3 Å². The maximum absolute atomic E-state index is 5.63. The van der Waals surface area contributed by atoms with E-state index >= 15 is 0 Å². The van der Waals surface area contributed by atoms with E-state index in [1.165, 1.54) is 37.0 Å². The second-order valence-electron chi connectivity index (χ2n) is 6.67. The Balaban J connectivity index is 2.00. The van der Waals surface area contributed by atoms with E-state index in [1.54, 1.807) is 0 Å². The van der Waals surface area contributed by atoms with E-state index in [9.17, 15) is 0 Å². The van der Waals surface area contributed by atoms with Crippen LogP contribution >= 0.6 is 0 Å². The van der Waals surface area contributed by atoms with Crippen LogP contribution in [0.5, 0.6) is 0 Å². The van der Waals surface area contributed by atoms with Gasteiger partial charge in [-0.3, -0.25) is 0 Å². The van der Waals surface area contributed by atoms with Crippen LogP contribution in [0.4, 0.5) is 0 Å². The fourth-order valence-corrected chi connectivity index (χ4v) is 4.01. The summed E-state index contributed by atoms with van der Waals surface area (Å²) in [5, 5.41) is 0. The molecule has 16 heavy (non-hydrogen) atoms. The smallest absolute Gasteiger partial charge is 0.107 e. The summed E-state index contributed by atoms with van der Waals surface area (Å²) < 4.78 is 5.63. The molecule has 3 unspecified atom stereocenters. The van der Waals surface area contributed by atoms with Crippen molar-refractivity contribution in [2.24, 2.45) is 17.3 Å². The Kier molecular flexibility index (Phi) is 2.21. The monoisotopic (exact) mass is 218 g/mol. The lowest BCUT2D eigenvalue weighted by molar-refractivity contribution is 0.200. The Bertz CT molecular complexity index is 382. The van der Waals surface area contributed by atoms with Gasteiger partial charge >= 0.3 is 0 Å². The van der Waals surface area contributed by atoms with Gasteiger partial charge in [0.2, 0.25) is 0 Å². The van der Waals surface area contributed by atoms with Crippen molar-refractivity contribution in [3.63, 3.8) is 0 Å². The maximum Gasteiger partial charge on any atom is 0.107 e. The highest BCUT2D eigenvalue weighted by atomic mass is 16.3. The van der Waals surface area contributed by atoms with Crippen LogP contribution in [0.3, 0.4) is 0 Å². The molecule has 1 aromatic heterocycles. The molecule has 88 valence electrons. The van der Waals surface area contributed by atoms with E-state index in [0.29, 0.717) is 5.41 Å². The van der Waals surface area contributed by atoms with Gasteiger partial charge in [-0.25, -0.2) is 0 Å². The zero-order valence-corrected chi connectivity index (χ0v) is 10.6. The van der Waals surface area contributed by atoms with E-state index in [1.807, 2.05) is 6.26 Å². The summed E-state index contributed by atoms with van der Waals surface area (Å²) in [5.74, 6) is 3.82. The first kappa shape index (κ1) is 10.4. The number of fused-ring (bicyclic) bond motifs is 3. The molecule has 3 rings (SSSR count). The molecule has 1 aromatic rings. The lowest BCUT2D eigenvalue weighted by Crippen LogP contribution is -2.27. The summed E-state index contributed by atoms with van der Waals surface area (Å²) in [4.78, 5) is 0. The van der Waals surface area contributed by atoms with Gasteiger partial charge in [0.1, 0.15) is 5.76 Å². The molecule has 1 heterocycles. The molecule has 3 atom stereocenters. The van der Waals surface area contributed by atoms with Crippen molar-refractivity contribution >= 4 is 0 Å². The van der Waals surface area contributed by atoms with Gasteiger partial charge in [0.05, 0.1) is 6.26 Å². The molecule has 0 saturated heterocycles. The number of hydrogen-bond acceptors (Lipinski definition) is 1.